The summed E-state index contributed by atoms with van der Waals surface area (Å²) >= 11 is 0. The number of hydrogen-bond donors (Lipinski definition) is 1. The number of phenolic OH excluding ortho intramolecular Hbond substituents is 1. The molecule has 0 unspecified atom stereocenters. The maximum absolute atomic E-state index is 9.06. The molecule has 1 aromatic carbocycles. The van der Waals surface area contributed by atoms with Crippen LogP contribution in [0.5, 0.6) is 5.75 Å². The van der Waals surface area contributed by atoms with E-state index in [1.54, 1.807) is 12.1 Å². The van der Waals surface area contributed by atoms with E-state index in [1.165, 1.54) is 0 Å². The predicted molar refractivity (Wildman–Crippen MR) is 37.3 cm³/mol. The zero-order valence-corrected chi connectivity index (χ0v) is 5.39. The van der Waals surface area contributed by atoms with Gasteiger partial charge < -0.3 is 5.11 Å². The summed E-state index contributed by atoms with van der Waals surface area (Å²) in [7, 11) is 0. The van der Waals surface area contributed by atoms with Gasteiger partial charge in [0.2, 0.25) is 0 Å². The Morgan fingerprint density at radius 2 is 2.11 bits per heavy atom. The molecule has 0 saturated heterocycles. The molecule has 1 heteroatoms. The van der Waals surface area contributed by atoms with Crippen molar-refractivity contribution in [3.63, 3.8) is 0 Å². The zero-order valence-electron chi connectivity index (χ0n) is 5.39. The molecule has 0 aliphatic carbocycles. The average Bonchev–Trinajstić information content (AvgIpc) is 1.83. The molecule has 9 heavy (non-hydrogen) atoms. The molecule has 0 fully saturated rings. The largest absolute Gasteiger partial charge is 0.508 e. The first kappa shape index (κ1) is 6.14. The number of aromatic hydroxyl groups is 1. The molecular formula is C8H9O. The van der Waals surface area contributed by atoms with E-state index in [0.717, 1.165) is 11.1 Å². The van der Waals surface area contributed by atoms with Gasteiger partial charge in [0, 0.05) is 0 Å². The maximum atomic E-state index is 9.06. The van der Waals surface area contributed by atoms with E-state index >= 15 is 0 Å². The van der Waals surface area contributed by atoms with E-state index in [4.69, 9.17) is 5.11 Å². The molecule has 0 aliphatic heterocycles. The normalized spacial score (nSPS) is 9.56. The van der Waals surface area contributed by atoms with Crippen molar-refractivity contribution in [2.75, 3.05) is 0 Å². The summed E-state index contributed by atoms with van der Waals surface area (Å²) < 4.78 is 0. The van der Waals surface area contributed by atoms with Gasteiger partial charge in [0.05, 0.1) is 0 Å². The molecule has 47 valence electrons. The molecule has 1 N–H and O–H groups in total. The smallest absolute Gasteiger partial charge is 0.118 e. The van der Waals surface area contributed by atoms with Crippen molar-refractivity contribution in [2.24, 2.45) is 0 Å². The van der Waals surface area contributed by atoms with Crippen molar-refractivity contribution in [2.45, 2.75) is 6.92 Å². The molecular weight excluding hydrogens is 112 g/mol. The highest BCUT2D eigenvalue weighted by atomic mass is 16.3. The summed E-state index contributed by atoms with van der Waals surface area (Å²) in [5, 5.41) is 9.06. The zero-order chi connectivity index (χ0) is 6.85. The first-order chi connectivity index (χ1) is 4.22. The molecule has 1 nitrogen and oxygen atoms in total. The van der Waals surface area contributed by atoms with E-state index in [-0.39, 0.29) is 0 Å². The van der Waals surface area contributed by atoms with E-state index in [2.05, 4.69) is 6.92 Å². The van der Waals surface area contributed by atoms with E-state index in [1.807, 2.05) is 13.0 Å². The maximum Gasteiger partial charge on any atom is 0.118 e. The number of hydrogen-bond acceptors (Lipinski definition) is 1. The third kappa shape index (κ3) is 1.04. The molecule has 0 aromatic heterocycles. The Bertz CT molecular complexity index is 196. The molecule has 0 atom stereocenters. The molecule has 0 saturated carbocycles. The van der Waals surface area contributed by atoms with E-state index in [0.29, 0.717) is 5.75 Å². The molecule has 0 aliphatic rings. The van der Waals surface area contributed by atoms with Crippen LogP contribution in [0.3, 0.4) is 0 Å². The van der Waals surface area contributed by atoms with Crippen LogP contribution in [0.15, 0.2) is 18.2 Å². The lowest BCUT2D eigenvalue weighted by atomic mass is 10.1. The SMILES string of the molecule is [CH2]c1cccc(O)c1C. The minimum Gasteiger partial charge on any atom is -0.508 e. The third-order valence-corrected chi connectivity index (χ3v) is 1.42. The summed E-state index contributed by atoms with van der Waals surface area (Å²) in [6, 6.07) is 5.31. The van der Waals surface area contributed by atoms with Crippen LogP contribution in [-0.4, -0.2) is 5.11 Å². The fourth-order valence-electron chi connectivity index (χ4n) is 0.670. The van der Waals surface area contributed by atoms with Crippen LogP contribution in [0.25, 0.3) is 0 Å². The first-order valence-electron chi connectivity index (χ1n) is 2.82. The molecule has 0 spiro atoms. The minimum atomic E-state index is 0.322. The van der Waals surface area contributed by atoms with Gasteiger partial charge in [-0.15, -0.1) is 0 Å². The van der Waals surface area contributed by atoms with Crippen LogP contribution in [0.2, 0.25) is 0 Å². The molecule has 1 rings (SSSR count). The summed E-state index contributed by atoms with van der Waals surface area (Å²) in [6.07, 6.45) is 0. The summed E-state index contributed by atoms with van der Waals surface area (Å²) in [4.78, 5) is 0. The van der Waals surface area contributed by atoms with Crippen molar-refractivity contribution >= 4 is 0 Å². The van der Waals surface area contributed by atoms with Gasteiger partial charge in [-0.3, -0.25) is 0 Å². The minimum absolute atomic E-state index is 0.322. The molecule has 1 radical (unpaired) electrons. The predicted octanol–water partition coefficient (Wildman–Crippen LogP) is 1.88. The second-order valence-electron chi connectivity index (χ2n) is 2.06. The molecule has 0 amide bonds. The Labute approximate surface area is 55.0 Å². The number of phenols is 1. The van der Waals surface area contributed by atoms with Crippen LogP contribution in [-0.2, 0) is 0 Å². The van der Waals surface area contributed by atoms with Crippen molar-refractivity contribution in [1.82, 2.24) is 0 Å². The molecule has 0 bridgehead atoms. The third-order valence-electron chi connectivity index (χ3n) is 1.42. The van der Waals surface area contributed by atoms with Gasteiger partial charge in [-0.2, -0.15) is 0 Å². The standard InChI is InChI=1S/C8H9O/c1-6-4-3-5-8(9)7(6)2/h3-5,9H,1H2,2H3. The molecule has 1 aromatic rings. The lowest BCUT2D eigenvalue weighted by molar-refractivity contribution is 0.471. The summed E-state index contributed by atoms with van der Waals surface area (Å²) in [5.41, 5.74) is 1.74. The van der Waals surface area contributed by atoms with Crippen molar-refractivity contribution in [3.8, 4) is 5.75 Å². The highest BCUT2D eigenvalue weighted by Crippen LogP contribution is 2.17. The fourth-order valence-corrected chi connectivity index (χ4v) is 0.670. The van der Waals surface area contributed by atoms with Crippen molar-refractivity contribution < 1.29 is 5.11 Å². The van der Waals surface area contributed by atoms with Crippen LogP contribution >= 0.6 is 0 Å². The monoisotopic (exact) mass is 121 g/mol. The van der Waals surface area contributed by atoms with Crippen molar-refractivity contribution in [1.29, 1.82) is 0 Å². The Morgan fingerprint density at radius 3 is 2.56 bits per heavy atom. The van der Waals surface area contributed by atoms with Gasteiger partial charge in [0.15, 0.2) is 0 Å². The van der Waals surface area contributed by atoms with Gasteiger partial charge in [0.1, 0.15) is 5.75 Å². The summed E-state index contributed by atoms with van der Waals surface area (Å²) in [5.74, 6) is 0.322. The van der Waals surface area contributed by atoms with Gasteiger partial charge in [-0.1, -0.05) is 12.1 Å². The fraction of sp³-hybridized carbons (Fsp3) is 0.125. The number of rotatable bonds is 0. The Hall–Kier alpha value is -0.980. The van der Waals surface area contributed by atoms with E-state index < -0.39 is 0 Å². The van der Waals surface area contributed by atoms with Crippen molar-refractivity contribution in [3.05, 3.63) is 36.2 Å². The quantitative estimate of drug-likeness (QED) is 0.555. The van der Waals surface area contributed by atoms with Crippen LogP contribution in [0.1, 0.15) is 11.1 Å². The Morgan fingerprint density at radius 1 is 1.44 bits per heavy atom. The highest BCUT2D eigenvalue weighted by Gasteiger charge is 1.94. The second kappa shape index (κ2) is 2.09. The van der Waals surface area contributed by atoms with Crippen LogP contribution in [0.4, 0.5) is 0 Å². The lowest BCUT2D eigenvalue weighted by Crippen LogP contribution is -1.78. The first-order valence-corrected chi connectivity index (χ1v) is 2.82. The van der Waals surface area contributed by atoms with Gasteiger partial charge in [-0.25, -0.2) is 0 Å². The highest BCUT2D eigenvalue weighted by molar-refractivity contribution is 5.39. The lowest BCUT2D eigenvalue weighted by Gasteiger charge is -1.99. The average molecular weight is 121 g/mol. The van der Waals surface area contributed by atoms with Gasteiger partial charge in [-0.05, 0) is 31.0 Å². The number of benzene rings is 1. The topological polar surface area (TPSA) is 20.2 Å². The van der Waals surface area contributed by atoms with Gasteiger partial charge >= 0.3 is 0 Å². The Kier molecular flexibility index (Phi) is 1.43. The van der Waals surface area contributed by atoms with Crippen LogP contribution < -0.4 is 0 Å². The second-order valence-corrected chi connectivity index (χ2v) is 2.06. The Balaban J connectivity index is 3.25. The van der Waals surface area contributed by atoms with E-state index in [9.17, 15) is 0 Å². The van der Waals surface area contributed by atoms with Gasteiger partial charge in [0.25, 0.3) is 0 Å². The summed E-state index contributed by atoms with van der Waals surface area (Å²) in [6.45, 7) is 5.57. The molecule has 0 heterocycles. The van der Waals surface area contributed by atoms with Crippen LogP contribution in [0, 0.1) is 13.8 Å².